The number of carboxylic acid groups (broad SMARTS) is 1. The minimum absolute atomic E-state index is 0.0364. The van der Waals surface area contributed by atoms with Crippen molar-refractivity contribution in [2.45, 2.75) is 50.7 Å². The second-order valence-corrected chi connectivity index (χ2v) is 6.13. The maximum Gasteiger partial charge on any atom is 0.408 e. The number of benzene rings is 1. The summed E-state index contributed by atoms with van der Waals surface area (Å²) < 4.78 is 31.3. The molecule has 0 heterocycles. The lowest BCUT2D eigenvalue weighted by molar-refractivity contribution is -0.140. The van der Waals surface area contributed by atoms with Crippen molar-refractivity contribution in [2.24, 2.45) is 5.92 Å². The van der Waals surface area contributed by atoms with Gasteiger partial charge in [0, 0.05) is 12.8 Å². The second-order valence-electron chi connectivity index (χ2n) is 6.13. The van der Waals surface area contributed by atoms with Crippen LogP contribution in [0.3, 0.4) is 0 Å². The number of hydrogen-bond donors (Lipinski definition) is 2. The Morgan fingerprint density at radius 2 is 1.88 bits per heavy atom. The van der Waals surface area contributed by atoms with Crippen LogP contribution in [0.15, 0.2) is 30.3 Å². The van der Waals surface area contributed by atoms with E-state index in [1.54, 1.807) is 24.3 Å². The standard InChI is InChI=1S/C17H21F2NO4/c18-17(19)8-6-12(7-9-17)10-14(15(21)22)20-16(23)24-11-13-4-2-1-3-5-13/h1-5,12,14H,6-11H2,(H,20,23)(H,21,22). The van der Waals surface area contributed by atoms with Gasteiger partial charge in [-0.15, -0.1) is 0 Å². The van der Waals surface area contributed by atoms with Crippen LogP contribution in [0.4, 0.5) is 13.6 Å². The molecule has 0 radical (unpaired) electrons. The van der Waals surface area contributed by atoms with Crippen LogP contribution in [0.2, 0.25) is 0 Å². The Kier molecular flexibility index (Phi) is 6.11. The molecule has 0 spiro atoms. The number of aliphatic carboxylic acids is 1. The maximum absolute atomic E-state index is 13.1. The van der Waals surface area contributed by atoms with E-state index in [-0.39, 0.29) is 44.6 Å². The lowest BCUT2D eigenvalue weighted by Gasteiger charge is -2.29. The first kappa shape index (κ1) is 18.2. The van der Waals surface area contributed by atoms with Crippen molar-refractivity contribution in [1.82, 2.24) is 5.32 Å². The molecular formula is C17H21F2NO4. The molecule has 1 unspecified atom stereocenters. The molecule has 0 aromatic heterocycles. The molecule has 1 fully saturated rings. The zero-order chi connectivity index (χ0) is 17.6. The van der Waals surface area contributed by atoms with E-state index in [4.69, 9.17) is 4.74 Å². The van der Waals surface area contributed by atoms with Gasteiger partial charge in [-0.3, -0.25) is 0 Å². The number of alkyl halides is 2. The fraction of sp³-hybridized carbons (Fsp3) is 0.529. The van der Waals surface area contributed by atoms with Crippen molar-refractivity contribution in [3.05, 3.63) is 35.9 Å². The predicted octanol–water partition coefficient (Wildman–Crippen LogP) is 3.58. The van der Waals surface area contributed by atoms with Gasteiger partial charge in [0.15, 0.2) is 0 Å². The van der Waals surface area contributed by atoms with Crippen LogP contribution < -0.4 is 5.32 Å². The van der Waals surface area contributed by atoms with E-state index in [0.29, 0.717) is 0 Å². The van der Waals surface area contributed by atoms with Crippen LogP contribution in [0, 0.1) is 5.92 Å². The number of nitrogens with one attached hydrogen (secondary N) is 1. The first-order chi connectivity index (χ1) is 11.4. The van der Waals surface area contributed by atoms with E-state index < -0.39 is 24.0 Å². The van der Waals surface area contributed by atoms with Crippen LogP contribution in [0.5, 0.6) is 0 Å². The molecule has 0 aliphatic heterocycles. The Hall–Kier alpha value is -2.18. The SMILES string of the molecule is O=C(NC(CC1CCC(F)(F)CC1)C(=O)O)OCc1ccccc1. The number of carbonyl (C=O) groups excluding carboxylic acids is 1. The fourth-order valence-electron chi connectivity index (χ4n) is 2.80. The Labute approximate surface area is 139 Å². The number of ether oxygens (including phenoxy) is 1. The minimum atomic E-state index is -2.66. The minimum Gasteiger partial charge on any atom is -0.480 e. The van der Waals surface area contributed by atoms with Gasteiger partial charge in [0.25, 0.3) is 0 Å². The summed E-state index contributed by atoms with van der Waals surface area (Å²) in [5, 5.41) is 11.5. The summed E-state index contributed by atoms with van der Waals surface area (Å²) in [6, 6.07) is 7.86. The number of carboxylic acids is 1. The molecule has 1 saturated carbocycles. The first-order valence-corrected chi connectivity index (χ1v) is 7.93. The Morgan fingerprint density at radius 3 is 2.46 bits per heavy atom. The second kappa shape index (κ2) is 8.08. The average molecular weight is 341 g/mol. The van der Waals surface area contributed by atoms with E-state index in [9.17, 15) is 23.5 Å². The monoisotopic (exact) mass is 341 g/mol. The number of rotatable bonds is 6. The van der Waals surface area contributed by atoms with Crippen LogP contribution in [0.25, 0.3) is 0 Å². The van der Waals surface area contributed by atoms with Crippen LogP contribution >= 0.6 is 0 Å². The van der Waals surface area contributed by atoms with E-state index in [0.717, 1.165) is 5.56 Å². The number of amides is 1. The highest BCUT2D eigenvalue weighted by molar-refractivity contribution is 5.79. The number of carbonyl (C=O) groups is 2. The molecule has 1 amide bonds. The third-order valence-electron chi connectivity index (χ3n) is 4.21. The predicted molar refractivity (Wildman–Crippen MR) is 82.7 cm³/mol. The highest BCUT2D eigenvalue weighted by atomic mass is 19.3. The first-order valence-electron chi connectivity index (χ1n) is 7.93. The van der Waals surface area contributed by atoms with Crippen molar-refractivity contribution < 1.29 is 28.2 Å². The van der Waals surface area contributed by atoms with E-state index in [2.05, 4.69) is 5.32 Å². The molecule has 1 aromatic carbocycles. The summed E-state index contributed by atoms with van der Waals surface area (Å²) in [6.07, 6.45) is -0.640. The molecule has 0 saturated heterocycles. The fourth-order valence-corrected chi connectivity index (χ4v) is 2.80. The molecule has 1 atom stereocenters. The molecule has 0 bridgehead atoms. The van der Waals surface area contributed by atoms with E-state index >= 15 is 0 Å². The molecule has 7 heteroatoms. The summed E-state index contributed by atoms with van der Waals surface area (Å²) in [5.41, 5.74) is 0.786. The van der Waals surface area contributed by atoms with E-state index in [1.165, 1.54) is 0 Å². The van der Waals surface area contributed by atoms with Gasteiger partial charge in [0.05, 0.1) is 0 Å². The molecule has 1 aliphatic rings. The van der Waals surface area contributed by atoms with Gasteiger partial charge in [0.1, 0.15) is 12.6 Å². The maximum atomic E-state index is 13.1. The Bertz CT molecular complexity index is 555. The van der Waals surface area contributed by atoms with Crippen molar-refractivity contribution in [1.29, 1.82) is 0 Å². The lowest BCUT2D eigenvalue weighted by Crippen LogP contribution is -2.43. The zero-order valence-electron chi connectivity index (χ0n) is 13.2. The third kappa shape index (κ3) is 5.79. The van der Waals surface area contributed by atoms with Gasteiger partial charge in [0.2, 0.25) is 5.92 Å². The summed E-state index contributed by atoms with van der Waals surface area (Å²) in [4.78, 5) is 23.1. The summed E-state index contributed by atoms with van der Waals surface area (Å²) >= 11 is 0. The summed E-state index contributed by atoms with van der Waals surface area (Å²) in [6.45, 7) is 0.0364. The molecule has 1 aliphatic carbocycles. The number of hydrogen-bond acceptors (Lipinski definition) is 3. The molecule has 2 rings (SSSR count). The highest BCUT2D eigenvalue weighted by Gasteiger charge is 2.36. The highest BCUT2D eigenvalue weighted by Crippen LogP contribution is 2.37. The molecule has 1 aromatic rings. The van der Waals surface area contributed by atoms with Crippen LogP contribution in [0.1, 0.15) is 37.7 Å². The molecule has 24 heavy (non-hydrogen) atoms. The van der Waals surface area contributed by atoms with Crippen molar-refractivity contribution in [2.75, 3.05) is 0 Å². The summed E-state index contributed by atoms with van der Waals surface area (Å²) in [5.74, 6) is -3.98. The quantitative estimate of drug-likeness (QED) is 0.829. The largest absolute Gasteiger partial charge is 0.480 e. The van der Waals surface area contributed by atoms with Gasteiger partial charge < -0.3 is 15.2 Å². The summed E-state index contributed by atoms with van der Waals surface area (Å²) in [7, 11) is 0. The number of alkyl carbamates (subject to hydrolysis) is 1. The number of halogens is 2. The topological polar surface area (TPSA) is 75.6 Å². The van der Waals surface area contributed by atoms with Crippen LogP contribution in [-0.2, 0) is 16.1 Å². The van der Waals surface area contributed by atoms with Gasteiger partial charge in [-0.1, -0.05) is 30.3 Å². The average Bonchev–Trinajstić information content (AvgIpc) is 2.55. The van der Waals surface area contributed by atoms with Crippen molar-refractivity contribution >= 4 is 12.1 Å². The Balaban J connectivity index is 1.80. The normalized spacial score (nSPS) is 18.6. The van der Waals surface area contributed by atoms with Gasteiger partial charge in [-0.05, 0) is 30.7 Å². The van der Waals surface area contributed by atoms with Crippen LogP contribution in [-0.4, -0.2) is 29.1 Å². The van der Waals surface area contributed by atoms with E-state index in [1.807, 2.05) is 6.07 Å². The van der Waals surface area contributed by atoms with Gasteiger partial charge >= 0.3 is 12.1 Å². The molecule has 5 nitrogen and oxygen atoms in total. The smallest absolute Gasteiger partial charge is 0.408 e. The molecule has 132 valence electrons. The third-order valence-corrected chi connectivity index (χ3v) is 4.21. The van der Waals surface area contributed by atoms with Gasteiger partial charge in [-0.2, -0.15) is 0 Å². The van der Waals surface area contributed by atoms with Gasteiger partial charge in [-0.25, -0.2) is 18.4 Å². The molecular weight excluding hydrogens is 320 g/mol. The molecule has 2 N–H and O–H groups in total. The zero-order valence-corrected chi connectivity index (χ0v) is 13.2. The Morgan fingerprint density at radius 1 is 1.25 bits per heavy atom. The van der Waals surface area contributed by atoms with Crippen molar-refractivity contribution in [3.63, 3.8) is 0 Å². The lowest BCUT2D eigenvalue weighted by atomic mass is 9.83. The van der Waals surface area contributed by atoms with Crippen molar-refractivity contribution in [3.8, 4) is 0 Å².